The zero-order valence-electron chi connectivity index (χ0n) is 9.81. The van der Waals surface area contributed by atoms with Gasteiger partial charge in [-0.15, -0.1) is 0 Å². The monoisotopic (exact) mass is 253 g/mol. The van der Waals surface area contributed by atoms with Crippen LogP contribution in [0, 0.1) is 5.41 Å². The van der Waals surface area contributed by atoms with Gasteiger partial charge < -0.3 is 10.4 Å². The molecule has 0 aromatic heterocycles. The van der Waals surface area contributed by atoms with Gasteiger partial charge >= 0.3 is 6.18 Å². The van der Waals surface area contributed by atoms with Crippen LogP contribution in [0.15, 0.2) is 0 Å². The lowest BCUT2D eigenvalue weighted by atomic mass is 9.86. The molecule has 2 unspecified atom stereocenters. The van der Waals surface area contributed by atoms with E-state index in [2.05, 4.69) is 5.32 Å². The largest absolute Gasteiger partial charge is 0.396 e. The SMILES string of the molecule is CC1(CO)CCCC1NC(=O)CCC(F)(F)F. The van der Waals surface area contributed by atoms with Crippen LogP contribution in [0.3, 0.4) is 0 Å². The van der Waals surface area contributed by atoms with Crippen molar-refractivity contribution in [2.24, 2.45) is 5.41 Å². The van der Waals surface area contributed by atoms with E-state index in [0.717, 1.165) is 19.3 Å². The van der Waals surface area contributed by atoms with Gasteiger partial charge in [0.1, 0.15) is 0 Å². The Kier molecular flexibility index (Phi) is 4.41. The molecule has 0 aromatic rings. The molecule has 0 aromatic carbocycles. The Morgan fingerprint density at radius 1 is 1.53 bits per heavy atom. The third kappa shape index (κ3) is 4.18. The number of nitrogens with one attached hydrogen (secondary N) is 1. The first-order valence-corrected chi connectivity index (χ1v) is 5.74. The Labute approximate surface area is 98.4 Å². The molecular formula is C11H18F3NO2. The maximum atomic E-state index is 11.9. The molecular weight excluding hydrogens is 235 g/mol. The van der Waals surface area contributed by atoms with Crippen LogP contribution >= 0.6 is 0 Å². The third-order valence-corrected chi connectivity index (χ3v) is 3.41. The number of halogens is 3. The molecule has 100 valence electrons. The summed E-state index contributed by atoms with van der Waals surface area (Å²) >= 11 is 0. The molecule has 1 amide bonds. The van der Waals surface area contributed by atoms with Gasteiger partial charge in [0.05, 0.1) is 13.0 Å². The van der Waals surface area contributed by atoms with Crippen molar-refractivity contribution >= 4 is 5.91 Å². The van der Waals surface area contributed by atoms with Gasteiger partial charge in [0.2, 0.25) is 5.91 Å². The summed E-state index contributed by atoms with van der Waals surface area (Å²) in [6, 6.07) is -0.215. The number of aliphatic hydroxyl groups is 1. The standard InChI is InChI=1S/C11H18F3NO2/c1-10(7-16)5-2-3-8(10)15-9(17)4-6-11(12,13)14/h8,16H,2-7H2,1H3,(H,15,17). The summed E-state index contributed by atoms with van der Waals surface area (Å²) in [5.41, 5.74) is -0.395. The highest BCUT2D eigenvalue weighted by atomic mass is 19.4. The van der Waals surface area contributed by atoms with Crippen molar-refractivity contribution < 1.29 is 23.1 Å². The van der Waals surface area contributed by atoms with E-state index in [1.54, 1.807) is 0 Å². The van der Waals surface area contributed by atoms with Crippen LogP contribution in [0.25, 0.3) is 0 Å². The lowest BCUT2D eigenvalue weighted by molar-refractivity contribution is -0.144. The second-order valence-corrected chi connectivity index (χ2v) is 4.94. The topological polar surface area (TPSA) is 49.3 Å². The Morgan fingerprint density at radius 2 is 2.18 bits per heavy atom. The van der Waals surface area contributed by atoms with Crippen LogP contribution in [-0.4, -0.2) is 29.8 Å². The summed E-state index contributed by atoms with van der Waals surface area (Å²) in [6.45, 7) is 1.78. The van der Waals surface area contributed by atoms with Crippen molar-refractivity contribution in [2.45, 2.75) is 51.2 Å². The fraction of sp³-hybridized carbons (Fsp3) is 0.909. The van der Waals surface area contributed by atoms with Crippen molar-refractivity contribution in [3.8, 4) is 0 Å². The Balaban J connectivity index is 2.41. The van der Waals surface area contributed by atoms with Gasteiger partial charge in [0.25, 0.3) is 0 Å². The minimum Gasteiger partial charge on any atom is -0.396 e. The molecule has 0 spiro atoms. The summed E-state index contributed by atoms with van der Waals surface area (Å²) in [7, 11) is 0. The van der Waals surface area contributed by atoms with E-state index < -0.39 is 30.3 Å². The molecule has 0 bridgehead atoms. The lowest BCUT2D eigenvalue weighted by Gasteiger charge is -2.30. The number of alkyl halides is 3. The summed E-state index contributed by atoms with van der Waals surface area (Å²) in [5.74, 6) is -0.589. The molecule has 0 heterocycles. The van der Waals surface area contributed by atoms with E-state index >= 15 is 0 Å². The maximum absolute atomic E-state index is 11.9. The van der Waals surface area contributed by atoms with E-state index in [1.807, 2.05) is 6.92 Å². The van der Waals surface area contributed by atoms with E-state index in [-0.39, 0.29) is 12.6 Å². The predicted octanol–water partition coefficient (Wildman–Crippen LogP) is 2.00. The Hall–Kier alpha value is -0.780. The fourth-order valence-electron chi connectivity index (χ4n) is 2.19. The molecule has 0 aliphatic heterocycles. The molecule has 2 N–H and O–H groups in total. The van der Waals surface area contributed by atoms with Crippen LogP contribution < -0.4 is 5.32 Å². The summed E-state index contributed by atoms with van der Waals surface area (Å²) in [6.07, 6.45) is -3.56. The van der Waals surface area contributed by atoms with Gasteiger partial charge in [-0.3, -0.25) is 4.79 Å². The number of hydrogen-bond acceptors (Lipinski definition) is 2. The summed E-state index contributed by atoms with van der Waals surface area (Å²) < 4.78 is 35.8. The summed E-state index contributed by atoms with van der Waals surface area (Å²) in [5, 5.41) is 11.8. The normalized spacial score (nSPS) is 29.4. The van der Waals surface area contributed by atoms with Gasteiger partial charge in [-0.05, 0) is 12.8 Å². The van der Waals surface area contributed by atoms with Crippen LogP contribution in [0.4, 0.5) is 13.2 Å². The summed E-state index contributed by atoms with van der Waals surface area (Å²) in [4.78, 5) is 11.4. The second kappa shape index (κ2) is 5.25. The number of aliphatic hydroxyl groups excluding tert-OH is 1. The second-order valence-electron chi connectivity index (χ2n) is 4.94. The minimum atomic E-state index is -4.30. The van der Waals surface area contributed by atoms with E-state index in [1.165, 1.54) is 0 Å². The number of rotatable bonds is 4. The fourth-order valence-corrected chi connectivity index (χ4v) is 2.19. The molecule has 0 radical (unpaired) electrons. The Bertz CT molecular complexity index is 280. The van der Waals surface area contributed by atoms with Gasteiger partial charge in [-0.1, -0.05) is 13.3 Å². The highest BCUT2D eigenvalue weighted by Crippen LogP contribution is 2.37. The zero-order valence-corrected chi connectivity index (χ0v) is 9.81. The first-order valence-electron chi connectivity index (χ1n) is 5.74. The third-order valence-electron chi connectivity index (χ3n) is 3.41. The van der Waals surface area contributed by atoms with E-state index in [0.29, 0.717) is 0 Å². The lowest BCUT2D eigenvalue weighted by Crippen LogP contribution is -2.44. The number of carbonyl (C=O) groups excluding carboxylic acids is 1. The van der Waals surface area contributed by atoms with Gasteiger partial charge in [-0.25, -0.2) is 0 Å². The number of carbonyl (C=O) groups is 1. The molecule has 6 heteroatoms. The molecule has 1 aliphatic carbocycles. The van der Waals surface area contributed by atoms with Crippen molar-refractivity contribution in [3.05, 3.63) is 0 Å². The van der Waals surface area contributed by atoms with Gasteiger partial charge in [-0.2, -0.15) is 13.2 Å². The molecule has 2 atom stereocenters. The van der Waals surface area contributed by atoms with Crippen molar-refractivity contribution in [3.63, 3.8) is 0 Å². The molecule has 17 heavy (non-hydrogen) atoms. The molecule has 1 rings (SSSR count). The minimum absolute atomic E-state index is 0.0583. The smallest absolute Gasteiger partial charge is 0.389 e. The van der Waals surface area contributed by atoms with Crippen LogP contribution in [0.5, 0.6) is 0 Å². The highest BCUT2D eigenvalue weighted by Gasteiger charge is 2.39. The molecule has 1 aliphatic rings. The average molecular weight is 253 g/mol. The first kappa shape index (κ1) is 14.3. The average Bonchev–Trinajstić information content (AvgIpc) is 2.57. The molecule has 0 saturated heterocycles. The highest BCUT2D eigenvalue weighted by molar-refractivity contribution is 5.76. The van der Waals surface area contributed by atoms with E-state index in [9.17, 15) is 23.1 Å². The number of hydrogen-bond donors (Lipinski definition) is 2. The van der Waals surface area contributed by atoms with Crippen molar-refractivity contribution in [1.82, 2.24) is 5.32 Å². The van der Waals surface area contributed by atoms with Gasteiger partial charge in [0, 0.05) is 17.9 Å². The quantitative estimate of drug-likeness (QED) is 0.805. The van der Waals surface area contributed by atoms with Crippen molar-refractivity contribution in [2.75, 3.05) is 6.61 Å². The van der Waals surface area contributed by atoms with Gasteiger partial charge in [0.15, 0.2) is 0 Å². The molecule has 1 saturated carbocycles. The zero-order chi connectivity index (χ0) is 13.1. The van der Waals surface area contributed by atoms with E-state index in [4.69, 9.17) is 0 Å². The van der Waals surface area contributed by atoms with Crippen molar-refractivity contribution in [1.29, 1.82) is 0 Å². The molecule has 1 fully saturated rings. The Morgan fingerprint density at radius 3 is 2.71 bits per heavy atom. The first-order chi connectivity index (χ1) is 7.77. The predicted molar refractivity (Wildman–Crippen MR) is 56.3 cm³/mol. The van der Waals surface area contributed by atoms with Crippen LogP contribution in [0.2, 0.25) is 0 Å². The van der Waals surface area contributed by atoms with Crippen LogP contribution in [0.1, 0.15) is 39.0 Å². The number of amides is 1. The van der Waals surface area contributed by atoms with Crippen LogP contribution in [-0.2, 0) is 4.79 Å². The maximum Gasteiger partial charge on any atom is 0.389 e. The molecule has 3 nitrogen and oxygen atoms in total.